The van der Waals surface area contributed by atoms with Crippen LogP contribution in [0.1, 0.15) is 0 Å². The Morgan fingerprint density at radius 3 is 1.67 bits per heavy atom. The number of rotatable bonds is 11. The first-order chi connectivity index (χ1) is 19.9. The molecule has 0 radical (unpaired) electrons. The maximum absolute atomic E-state index is 8.94. The zero-order valence-electron chi connectivity index (χ0n) is 24.0. The second-order valence-electron chi connectivity index (χ2n) is 8.17. The van der Waals surface area contributed by atoms with Crippen molar-refractivity contribution in [3.63, 3.8) is 0 Å². The van der Waals surface area contributed by atoms with E-state index in [1.165, 1.54) is 12.7 Å². The Hall–Kier alpha value is -3.94. The third kappa shape index (κ3) is 13.6. The quantitative estimate of drug-likeness (QED) is 0.153. The van der Waals surface area contributed by atoms with Crippen LogP contribution < -0.4 is 30.3 Å². The monoisotopic (exact) mass is 620 g/mol. The fourth-order valence-electron chi connectivity index (χ4n) is 3.05. The number of methoxy groups -OCH3 is 2. The minimum absolute atomic E-state index is 0. The van der Waals surface area contributed by atoms with Gasteiger partial charge in [-0.2, -0.15) is 0 Å². The van der Waals surface area contributed by atoms with Gasteiger partial charge in [0.1, 0.15) is 46.8 Å². The summed E-state index contributed by atoms with van der Waals surface area (Å²) < 4.78 is 10.2. The molecular formula is C28H38Cl2N8O4. The lowest BCUT2D eigenvalue weighted by Gasteiger charge is -2.17. The van der Waals surface area contributed by atoms with E-state index in [2.05, 4.69) is 35.9 Å². The van der Waals surface area contributed by atoms with Crippen molar-refractivity contribution in [1.82, 2.24) is 25.3 Å². The molecule has 0 atom stereocenters. The van der Waals surface area contributed by atoms with Crippen molar-refractivity contribution in [3.05, 3.63) is 78.5 Å². The van der Waals surface area contributed by atoms with Gasteiger partial charge < -0.3 is 40.5 Å². The smallest absolute Gasteiger partial charge is 0.135 e. The molecule has 0 bridgehead atoms. The minimum Gasteiger partial charge on any atom is -0.497 e. The van der Waals surface area contributed by atoms with Crippen molar-refractivity contribution in [2.45, 2.75) is 0 Å². The Morgan fingerprint density at radius 2 is 1.26 bits per heavy atom. The number of benzene rings is 2. The van der Waals surface area contributed by atoms with E-state index in [-0.39, 0.29) is 25.6 Å². The number of halogens is 2. The van der Waals surface area contributed by atoms with Crippen LogP contribution in [-0.2, 0) is 0 Å². The number of aromatic nitrogens is 4. The number of anilines is 5. The number of nitrogens with one attached hydrogen (secondary N) is 3. The second kappa shape index (κ2) is 20.9. The molecule has 14 heteroatoms. The third-order valence-electron chi connectivity index (χ3n) is 5.20. The Balaban J connectivity index is 0.000000360. The summed E-state index contributed by atoms with van der Waals surface area (Å²) in [6.45, 7) is 1.54. The van der Waals surface area contributed by atoms with Gasteiger partial charge in [-0.3, -0.25) is 0 Å². The highest BCUT2D eigenvalue weighted by atomic mass is 35.5. The average Bonchev–Trinajstić information content (AvgIpc) is 2.99. The number of hydrogen-bond donors (Lipinski definition) is 5. The molecule has 0 saturated heterocycles. The number of ether oxygens (including phenoxy) is 2. The lowest BCUT2D eigenvalue weighted by atomic mass is 10.3. The molecule has 0 fully saturated rings. The summed E-state index contributed by atoms with van der Waals surface area (Å²) in [7, 11) is 6.94. The van der Waals surface area contributed by atoms with Crippen LogP contribution in [0.15, 0.2) is 73.3 Å². The standard InChI is InChI=1S/C14H18N4O2.C11H10ClN3O.C3H9NO.ClH/c1-18(7-8-19)14-9-13(15-10-16-14)17-11-3-5-12(20-2)6-4-11;1-16-9-4-2-8(3-5-9)15-11-6-10(12)13-7-14-11;1-4-2-3-5;/h3-6,9-10,19H,7-8H2,1-2H3,(H,15,16,17);2-7H,1H3,(H,13,14,15);4-5H,2-3H2,1H3;1H. The molecule has 5 N–H and O–H groups in total. The Kier molecular flexibility index (Phi) is 17.9. The fourth-order valence-corrected chi connectivity index (χ4v) is 3.19. The van der Waals surface area contributed by atoms with Crippen LogP contribution in [0.5, 0.6) is 11.5 Å². The van der Waals surface area contributed by atoms with Crippen LogP contribution >= 0.6 is 24.0 Å². The van der Waals surface area contributed by atoms with E-state index in [0.717, 1.165) is 28.7 Å². The molecule has 42 heavy (non-hydrogen) atoms. The first-order valence-electron chi connectivity index (χ1n) is 12.6. The van der Waals surface area contributed by atoms with Gasteiger partial charge in [0.2, 0.25) is 0 Å². The Labute approximate surface area is 257 Å². The van der Waals surface area contributed by atoms with Gasteiger partial charge in [-0.1, -0.05) is 11.6 Å². The first-order valence-corrected chi connectivity index (χ1v) is 13.0. The largest absolute Gasteiger partial charge is 0.497 e. The van der Waals surface area contributed by atoms with Crippen molar-refractivity contribution >= 4 is 52.8 Å². The maximum Gasteiger partial charge on any atom is 0.135 e. The molecule has 2 heterocycles. The van der Waals surface area contributed by atoms with E-state index in [4.69, 9.17) is 31.3 Å². The van der Waals surface area contributed by atoms with Crippen LogP contribution in [0.3, 0.4) is 0 Å². The van der Waals surface area contributed by atoms with E-state index in [0.29, 0.717) is 29.9 Å². The molecule has 0 aliphatic carbocycles. The lowest BCUT2D eigenvalue weighted by Crippen LogP contribution is -2.22. The number of nitrogens with zero attached hydrogens (tertiary/aromatic N) is 5. The fraction of sp³-hybridized carbons (Fsp3) is 0.286. The molecule has 4 rings (SSSR count). The van der Waals surface area contributed by atoms with Crippen LogP contribution in [0.4, 0.5) is 28.8 Å². The van der Waals surface area contributed by atoms with E-state index < -0.39 is 0 Å². The number of aliphatic hydroxyl groups is 2. The molecule has 12 nitrogen and oxygen atoms in total. The van der Waals surface area contributed by atoms with Crippen molar-refractivity contribution < 1.29 is 19.7 Å². The van der Waals surface area contributed by atoms with Gasteiger partial charge in [0.05, 0.1) is 27.4 Å². The summed E-state index contributed by atoms with van der Waals surface area (Å²) >= 11 is 5.75. The van der Waals surface area contributed by atoms with Crippen molar-refractivity contribution in [2.75, 3.05) is 70.2 Å². The van der Waals surface area contributed by atoms with E-state index in [9.17, 15) is 0 Å². The average molecular weight is 622 g/mol. The third-order valence-corrected chi connectivity index (χ3v) is 5.41. The summed E-state index contributed by atoms with van der Waals surface area (Å²) in [5, 5.41) is 26.4. The van der Waals surface area contributed by atoms with Gasteiger partial charge in [-0.15, -0.1) is 12.4 Å². The number of aliphatic hydroxyl groups excluding tert-OH is 2. The zero-order valence-corrected chi connectivity index (χ0v) is 25.6. The second-order valence-corrected chi connectivity index (χ2v) is 8.55. The van der Waals surface area contributed by atoms with Crippen molar-refractivity contribution in [1.29, 1.82) is 0 Å². The number of likely N-dealkylation sites (N-methyl/N-ethyl adjacent to an activating group) is 2. The Bertz CT molecular complexity index is 1270. The number of hydrogen-bond acceptors (Lipinski definition) is 12. The lowest BCUT2D eigenvalue weighted by molar-refractivity contribution is 0.296. The summed E-state index contributed by atoms with van der Waals surface area (Å²) in [6.07, 6.45) is 2.91. The topological polar surface area (TPSA) is 150 Å². The normalized spacial score (nSPS) is 9.60. The molecular weight excluding hydrogens is 583 g/mol. The van der Waals surface area contributed by atoms with E-state index in [1.807, 2.05) is 66.5 Å². The van der Waals surface area contributed by atoms with Gasteiger partial charge in [0.25, 0.3) is 0 Å². The van der Waals surface area contributed by atoms with Crippen LogP contribution in [0.2, 0.25) is 5.15 Å². The van der Waals surface area contributed by atoms with Gasteiger partial charge in [0.15, 0.2) is 0 Å². The SMILES string of the molecule is CNCCO.COc1ccc(Nc2cc(Cl)ncn2)cc1.COc1ccc(Nc2cc(N(C)CCO)ncn2)cc1.Cl. The molecule has 0 aliphatic rings. The van der Waals surface area contributed by atoms with Crippen LogP contribution in [0, 0.1) is 0 Å². The van der Waals surface area contributed by atoms with Gasteiger partial charge >= 0.3 is 0 Å². The van der Waals surface area contributed by atoms with Gasteiger partial charge in [-0.25, -0.2) is 19.9 Å². The summed E-state index contributed by atoms with van der Waals surface area (Å²) in [5.41, 5.74) is 1.83. The van der Waals surface area contributed by atoms with Crippen LogP contribution in [-0.4, -0.2) is 84.8 Å². The minimum atomic E-state index is 0. The predicted octanol–water partition coefficient (Wildman–Crippen LogP) is 4.16. The highest BCUT2D eigenvalue weighted by molar-refractivity contribution is 6.29. The molecule has 0 saturated carbocycles. The molecule has 0 aliphatic heterocycles. The molecule has 228 valence electrons. The molecule has 4 aromatic rings. The van der Waals surface area contributed by atoms with Crippen molar-refractivity contribution in [2.24, 2.45) is 0 Å². The maximum atomic E-state index is 8.94. The summed E-state index contributed by atoms with van der Waals surface area (Å²) in [6, 6.07) is 18.6. The van der Waals surface area contributed by atoms with Gasteiger partial charge in [0, 0.05) is 43.6 Å². The molecule has 2 aromatic carbocycles. The van der Waals surface area contributed by atoms with Crippen LogP contribution in [0.25, 0.3) is 0 Å². The van der Waals surface area contributed by atoms with E-state index in [1.54, 1.807) is 27.3 Å². The molecule has 0 spiro atoms. The highest BCUT2D eigenvalue weighted by Gasteiger charge is 2.04. The first kappa shape index (κ1) is 36.1. The highest BCUT2D eigenvalue weighted by Crippen LogP contribution is 2.21. The zero-order chi connectivity index (χ0) is 29.9. The van der Waals surface area contributed by atoms with Crippen molar-refractivity contribution in [3.8, 4) is 11.5 Å². The Morgan fingerprint density at radius 1 is 0.762 bits per heavy atom. The summed E-state index contributed by atoms with van der Waals surface area (Å²) in [5.74, 6) is 3.73. The molecule has 0 amide bonds. The molecule has 0 unspecified atom stereocenters. The summed E-state index contributed by atoms with van der Waals surface area (Å²) in [4.78, 5) is 18.1. The van der Waals surface area contributed by atoms with E-state index >= 15 is 0 Å². The van der Waals surface area contributed by atoms with Gasteiger partial charge in [-0.05, 0) is 55.6 Å². The predicted molar refractivity (Wildman–Crippen MR) is 170 cm³/mol. The molecule has 2 aromatic heterocycles.